The van der Waals surface area contributed by atoms with E-state index in [1.807, 2.05) is 0 Å². The summed E-state index contributed by atoms with van der Waals surface area (Å²) in [7, 11) is -4.14. The smallest absolute Gasteiger partial charge is 0.416 e. The minimum Gasteiger partial charge on any atom is -0.489 e. The molecule has 0 amide bonds. The molecule has 0 unspecified atom stereocenters. The van der Waals surface area contributed by atoms with Gasteiger partial charge < -0.3 is 9.84 Å². The minimum absolute atomic E-state index is 0.0322. The number of hydrogen-bond acceptors (Lipinski definition) is 4. The number of alkyl halides is 3. The highest BCUT2D eigenvalue weighted by Gasteiger charge is 2.34. The van der Waals surface area contributed by atoms with E-state index < -0.39 is 33.5 Å². The molecular formula is C25H21F4NO5S. The fourth-order valence-corrected chi connectivity index (χ4v) is 5.56. The largest absolute Gasteiger partial charge is 0.489 e. The van der Waals surface area contributed by atoms with Gasteiger partial charge in [-0.2, -0.15) is 13.2 Å². The molecular weight excluding hydrogens is 502 g/mol. The highest BCUT2D eigenvalue weighted by atomic mass is 32.2. The minimum atomic E-state index is -4.58. The number of fused-ring (bicyclic) bond motifs is 1. The summed E-state index contributed by atoms with van der Waals surface area (Å²) < 4.78 is 86.4. The number of para-hydroxylation sites is 1. The summed E-state index contributed by atoms with van der Waals surface area (Å²) in [5, 5.41) is 8.76. The van der Waals surface area contributed by atoms with Crippen molar-refractivity contribution in [1.29, 1.82) is 0 Å². The van der Waals surface area contributed by atoms with Crippen LogP contribution in [0.1, 0.15) is 28.7 Å². The summed E-state index contributed by atoms with van der Waals surface area (Å²) >= 11 is 0. The van der Waals surface area contributed by atoms with Gasteiger partial charge in [0, 0.05) is 24.6 Å². The van der Waals surface area contributed by atoms with E-state index in [-0.39, 0.29) is 42.2 Å². The average Bonchev–Trinajstić information content (AvgIpc) is 3.27. The monoisotopic (exact) mass is 523 g/mol. The zero-order valence-electron chi connectivity index (χ0n) is 18.8. The molecule has 3 aromatic carbocycles. The first kappa shape index (κ1) is 25.5. The van der Waals surface area contributed by atoms with Crippen molar-refractivity contribution in [3.8, 4) is 5.75 Å². The van der Waals surface area contributed by atoms with Crippen LogP contribution < -0.4 is 9.04 Å². The molecule has 0 bridgehead atoms. The van der Waals surface area contributed by atoms with Crippen molar-refractivity contribution >= 4 is 21.7 Å². The Labute approximate surface area is 204 Å². The first-order valence-electron chi connectivity index (χ1n) is 10.9. The van der Waals surface area contributed by atoms with Crippen molar-refractivity contribution in [2.75, 3.05) is 10.8 Å². The number of carbonyl (C=O) groups is 1. The molecule has 11 heteroatoms. The highest BCUT2D eigenvalue weighted by Crippen LogP contribution is 2.37. The molecule has 36 heavy (non-hydrogen) atoms. The number of sulfonamides is 1. The van der Waals surface area contributed by atoms with Gasteiger partial charge in [-0.1, -0.05) is 24.3 Å². The average molecular weight is 524 g/mol. The number of halogens is 4. The molecule has 3 aromatic rings. The Morgan fingerprint density at radius 1 is 1.03 bits per heavy atom. The summed E-state index contributed by atoms with van der Waals surface area (Å²) in [5.41, 5.74) is 0.923. The Bertz CT molecular complexity index is 1390. The van der Waals surface area contributed by atoms with Crippen LogP contribution in [0.4, 0.5) is 23.2 Å². The zero-order chi connectivity index (χ0) is 26.1. The maximum Gasteiger partial charge on any atom is 0.416 e. The van der Waals surface area contributed by atoms with Crippen molar-refractivity contribution in [3.63, 3.8) is 0 Å². The number of carboxylic acid groups (broad SMARTS) is 1. The first-order chi connectivity index (χ1) is 17.0. The second-order valence-electron chi connectivity index (χ2n) is 8.21. The van der Waals surface area contributed by atoms with Crippen molar-refractivity contribution < 1.29 is 40.6 Å². The van der Waals surface area contributed by atoms with Gasteiger partial charge in [0.2, 0.25) is 0 Å². The van der Waals surface area contributed by atoms with Crippen LogP contribution in [0.15, 0.2) is 65.6 Å². The lowest BCUT2D eigenvalue weighted by atomic mass is 10.1. The molecule has 0 aliphatic carbocycles. The van der Waals surface area contributed by atoms with Crippen LogP contribution in [0.2, 0.25) is 0 Å². The number of anilines is 1. The molecule has 0 radical (unpaired) electrons. The van der Waals surface area contributed by atoms with Gasteiger partial charge in [0.05, 0.1) is 16.1 Å². The van der Waals surface area contributed by atoms with E-state index in [0.29, 0.717) is 17.7 Å². The molecule has 1 N–H and O–H groups in total. The molecule has 0 saturated carbocycles. The topological polar surface area (TPSA) is 83.9 Å². The molecule has 0 aromatic heterocycles. The van der Waals surface area contributed by atoms with Gasteiger partial charge in [0.25, 0.3) is 10.0 Å². The Kier molecular flexibility index (Phi) is 6.94. The predicted octanol–water partition coefficient (Wildman–Crippen LogP) is 5.19. The van der Waals surface area contributed by atoms with Gasteiger partial charge >= 0.3 is 12.1 Å². The number of hydrogen-bond donors (Lipinski definition) is 1. The third kappa shape index (κ3) is 5.30. The molecule has 0 saturated heterocycles. The number of ether oxygens (including phenoxy) is 1. The van der Waals surface area contributed by atoms with E-state index in [9.17, 15) is 30.8 Å². The second-order valence-corrected chi connectivity index (χ2v) is 10.1. The molecule has 0 spiro atoms. The van der Waals surface area contributed by atoms with Crippen LogP contribution in [-0.2, 0) is 40.4 Å². The van der Waals surface area contributed by atoms with Crippen LogP contribution >= 0.6 is 0 Å². The molecule has 6 nitrogen and oxygen atoms in total. The number of carboxylic acids is 1. The van der Waals surface area contributed by atoms with Crippen LogP contribution in [0, 0.1) is 5.82 Å². The van der Waals surface area contributed by atoms with Gasteiger partial charge in [-0.3, -0.25) is 9.10 Å². The van der Waals surface area contributed by atoms with Crippen LogP contribution in [0.25, 0.3) is 0 Å². The third-order valence-electron chi connectivity index (χ3n) is 5.83. The normalized spacial score (nSPS) is 13.5. The van der Waals surface area contributed by atoms with Gasteiger partial charge in [-0.05, 0) is 54.3 Å². The molecule has 1 heterocycles. The SMILES string of the molecule is O=C(O)CCc1ccc(OCc2cccc3c2N(S(=O)(=O)c2ccc(C(F)(F)F)cc2)CC3)cc1F. The van der Waals surface area contributed by atoms with Crippen molar-refractivity contribution in [2.45, 2.75) is 36.9 Å². The molecule has 190 valence electrons. The summed E-state index contributed by atoms with van der Waals surface area (Å²) in [6, 6.07) is 12.6. The number of aliphatic carboxylic acids is 1. The maximum atomic E-state index is 14.3. The maximum absolute atomic E-state index is 14.3. The fourth-order valence-electron chi connectivity index (χ4n) is 4.02. The lowest BCUT2D eigenvalue weighted by Crippen LogP contribution is -2.30. The molecule has 4 rings (SSSR count). The third-order valence-corrected chi connectivity index (χ3v) is 7.65. The molecule has 0 atom stereocenters. The Hall–Kier alpha value is -3.60. The van der Waals surface area contributed by atoms with E-state index in [0.717, 1.165) is 40.2 Å². The van der Waals surface area contributed by atoms with E-state index in [4.69, 9.17) is 9.84 Å². The van der Waals surface area contributed by atoms with Gasteiger partial charge in [0.15, 0.2) is 0 Å². The Morgan fingerprint density at radius 2 is 1.75 bits per heavy atom. The Morgan fingerprint density at radius 3 is 2.39 bits per heavy atom. The van der Waals surface area contributed by atoms with E-state index in [2.05, 4.69) is 0 Å². The first-order valence-corrected chi connectivity index (χ1v) is 12.3. The van der Waals surface area contributed by atoms with Crippen molar-refractivity contribution in [1.82, 2.24) is 0 Å². The van der Waals surface area contributed by atoms with Gasteiger partial charge in [-0.15, -0.1) is 0 Å². The second kappa shape index (κ2) is 9.81. The van der Waals surface area contributed by atoms with Crippen molar-refractivity contribution in [3.05, 3.63) is 88.7 Å². The number of nitrogens with zero attached hydrogens (tertiary/aromatic N) is 1. The zero-order valence-corrected chi connectivity index (χ0v) is 19.6. The standard InChI is InChI=1S/C25H21F4NO5S/c26-22-14-20(8-4-16(22)5-11-23(31)32)35-15-18-3-1-2-17-12-13-30(24(17)18)36(33,34)21-9-6-19(7-10-21)25(27,28)29/h1-4,6-10,14H,5,11-13,15H2,(H,31,32). The summed E-state index contributed by atoms with van der Waals surface area (Å²) in [4.78, 5) is 10.4. The molecule has 1 aliphatic heterocycles. The Balaban J connectivity index is 1.56. The van der Waals surface area contributed by atoms with E-state index >= 15 is 0 Å². The highest BCUT2D eigenvalue weighted by molar-refractivity contribution is 7.92. The van der Waals surface area contributed by atoms with Gasteiger partial charge in [-0.25, -0.2) is 12.8 Å². The summed E-state index contributed by atoms with van der Waals surface area (Å²) in [6.45, 7) is 0.0265. The van der Waals surface area contributed by atoms with Crippen LogP contribution in [-0.4, -0.2) is 26.0 Å². The number of aryl methyl sites for hydroxylation is 1. The quantitative estimate of drug-likeness (QED) is 0.411. The molecule has 1 aliphatic rings. The van der Waals surface area contributed by atoms with Gasteiger partial charge in [0.1, 0.15) is 18.2 Å². The van der Waals surface area contributed by atoms with Crippen LogP contribution in [0.5, 0.6) is 5.75 Å². The summed E-state index contributed by atoms with van der Waals surface area (Å²) in [6.07, 6.45) is -4.35. The number of rotatable bonds is 8. The number of benzene rings is 3. The molecule has 0 fully saturated rings. The lowest BCUT2D eigenvalue weighted by Gasteiger charge is -2.22. The van der Waals surface area contributed by atoms with E-state index in [1.165, 1.54) is 12.1 Å². The predicted molar refractivity (Wildman–Crippen MR) is 123 cm³/mol. The van der Waals surface area contributed by atoms with E-state index in [1.54, 1.807) is 18.2 Å². The van der Waals surface area contributed by atoms with Crippen molar-refractivity contribution in [2.24, 2.45) is 0 Å². The fraction of sp³-hybridized carbons (Fsp3) is 0.240. The van der Waals surface area contributed by atoms with Crippen LogP contribution in [0.3, 0.4) is 0 Å². The lowest BCUT2D eigenvalue weighted by molar-refractivity contribution is -0.138. The summed E-state index contributed by atoms with van der Waals surface area (Å²) in [5.74, 6) is -1.47.